The van der Waals surface area contributed by atoms with Gasteiger partial charge in [-0.05, 0) is 37.6 Å². The van der Waals surface area contributed by atoms with E-state index in [1.165, 1.54) is 0 Å². The summed E-state index contributed by atoms with van der Waals surface area (Å²) in [6, 6.07) is 6.20. The van der Waals surface area contributed by atoms with Crippen molar-refractivity contribution in [2.24, 2.45) is 5.92 Å². The van der Waals surface area contributed by atoms with Gasteiger partial charge in [0.05, 0.1) is 12.8 Å². The number of rotatable bonds is 3. The molecule has 0 saturated carbocycles. The summed E-state index contributed by atoms with van der Waals surface area (Å²) in [6.07, 6.45) is 1.13. The molecule has 94 valence electrons. The topological polar surface area (TPSA) is 33.3 Å². The molecular weight excluding hydrogens is 236 g/mol. The lowest BCUT2D eigenvalue weighted by Gasteiger charge is -2.31. The summed E-state index contributed by atoms with van der Waals surface area (Å²) in [5, 5.41) is 7.65. The Bertz CT molecular complexity index is 384. The molecule has 0 aliphatic carbocycles. The normalized spacial score (nSPS) is 24.4. The van der Waals surface area contributed by atoms with Gasteiger partial charge in [0.1, 0.15) is 5.75 Å². The zero-order chi connectivity index (χ0) is 12.3. The van der Waals surface area contributed by atoms with Gasteiger partial charge in [0.2, 0.25) is 0 Å². The molecule has 17 heavy (non-hydrogen) atoms. The fourth-order valence-electron chi connectivity index (χ4n) is 2.21. The van der Waals surface area contributed by atoms with E-state index < -0.39 is 0 Å². The number of hydrogen-bond donors (Lipinski definition) is 2. The van der Waals surface area contributed by atoms with Crippen LogP contribution in [-0.2, 0) is 0 Å². The minimum absolute atomic E-state index is 0.492. The molecule has 1 saturated heterocycles. The quantitative estimate of drug-likeness (QED) is 0.870. The predicted octanol–water partition coefficient (Wildman–Crippen LogP) is 2.76. The van der Waals surface area contributed by atoms with Gasteiger partial charge in [-0.25, -0.2) is 0 Å². The minimum atomic E-state index is 0.492. The molecule has 2 rings (SSSR count). The number of ether oxygens (including phenoxy) is 1. The van der Waals surface area contributed by atoms with Gasteiger partial charge < -0.3 is 15.4 Å². The van der Waals surface area contributed by atoms with Gasteiger partial charge in [-0.15, -0.1) is 0 Å². The highest BCUT2D eigenvalue weighted by molar-refractivity contribution is 6.30. The van der Waals surface area contributed by atoms with Crippen LogP contribution in [0.5, 0.6) is 5.75 Å². The Morgan fingerprint density at radius 1 is 1.47 bits per heavy atom. The van der Waals surface area contributed by atoms with Crippen molar-refractivity contribution in [2.45, 2.75) is 19.4 Å². The molecule has 1 heterocycles. The van der Waals surface area contributed by atoms with Gasteiger partial charge in [0.15, 0.2) is 0 Å². The van der Waals surface area contributed by atoms with Crippen LogP contribution in [0.25, 0.3) is 0 Å². The van der Waals surface area contributed by atoms with Crippen LogP contribution >= 0.6 is 11.6 Å². The summed E-state index contributed by atoms with van der Waals surface area (Å²) in [5.74, 6) is 1.42. The number of piperidine rings is 1. The van der Waals surface area contributed by atoms with Crippen molar-refractivity contribution in [3.63, 3.8) is 0 Å². The molecular formula is C13H19ClN2O. The second-order valence-corrected chi connectivity index (χ2v) is 5.00. The van der Waals surface area contributed by atoms with Crippen LogP contribution in [0.2, 0.25) is 5.02 Å². The summed E-state index contributed by atoms with van der Waals surface area (Å²) < 4.78 is 5.34. The highest BCUT2D eigenvalue weighted by atomic mass is 35.5. The van der Waals surface area contributed by atoms with Crippen LogP contribution in [0.3, 0.4) is 0 Å². The molecule has 2 N–H and O–H groups in total. The van der Waals surface area contributed by atoms with Crippen molar-refractivity contribution in [3.8, 4) is 5.75 Å². The van der Waals surface area contributed by atoms with E-state index in [9.17, 15) is 0 Å². The number of hydrogen-bond acceptors (Lipinski definition) is 3. The first kappa shape index (κ1) is 12.5. The zero-order valence-electron chi connectivity index (χ0n) is 10.3. The molecule has 1 aliphatic rings. The number of anilines is 1. The first-order valence-corrected chi connectivity index (χ1v) is 6.39. The molecule has 2 atom stereocenters. The summed E-state index contributed by atoms with van der Waals surface area (Å²) in [4.78, 5) is 0. The Morgan fingerprint density at radius 3 is 3.00 bits per heavy atom. The molecule has 0 amide bonds. The maximum absolute atomic E-state index is 5.95. The van der Waals surface area contributed by atoms with Gasteiger partial charge in [0, 0.05) is 17.1 Å². The van der Waals surface area contributed by atoms with E-state index in [0.29, 0.717) is 17.0 Å². The molecule has 1 aliphatic heterocycles. The van der Waals surface area contributed by atoms with E-state index >= 15 is 0 Å². The van der Waals surface area contributed by atoms with E-state index in [0.717, 1.165) is 30.9 Å². The van der Waals surface area contributed by atoms with E-state index in [-0.39, 0.29) is 0 Å². The van der Waals surface area contributed by atoms with E-state index in [2.05, 4.69) is 17.6 Å². The van der Waals surface area contributed by atoms with Crippen LogP contribution in [0, 0.1) is 5.92 Å². The summed E-state index contributed by atoms with van der Waals surface area (Å²) in [7, 11) is 1.67. The lowest BCUT2D eigenvalue weighted by atomic mass is 9.95. The Morgan fingerprint density at radius 2 is 2.29 bits per heavy atom. The Hall–Kier alpha value is -0.930. The molecule has 0 bridgehead atoms. The largest absolute Gasteiger partial charge is 0.495 e. The van der Waals surface area contributed by atoms with Gasteiger partial charge >= 0.3 is 0 Å². The third kappa shape index (κ3) is 3.05. The van der Waals surface area contributed by atoms with Crippen molar-refractivity contribution in [1.29, 1.82) is 0 Å². The average Bonchev–Trinajstić information content (AvgIpc) is 2.34. The molecule has 0 aromatic heterocycles. The fourth-order valence-corrected chi connectivity index (χ4v) is 2.37. The molecule has 0 spiro atoms. The van der Waals surface area contributed by atoms with Crippen LogP contribution < -0.4 is 15.4 Å². The van der Waals surface area contributed by atoms with E-state index in [1.807, 2.05) is 18.2 Å². The SMILES string of the molecule is COc1cc(Cl)ccc1N[C@@H]1CCNC[C@@H]1C. The van der Waals surface area contributed by atoms with Crippen LogP contribution in [0.15, 0.2) is 18.2 Å². The standard InChI is InChI=1S/C13H19ClN2O/c1-9-8-15-6-5-11(9)16-12-4-3-10(14)7-13(12)17-2/h3-4,7,9,11,15-16H,5-6,8H2,1-2H3/t9-,11+/m0/s1. The third-order valence-corrected chi connectivity index (χ3v) is 3.52. The van der Waals surface area contributed by atoms with Crippen LogP contribution in [-0.4, -0.2) is 26.2 Å². The van der Waals surface area contributed by atoms with E-state index in [4.69, 9.17) is 16.3 Å². The molecule has 0 radical (unpaired) electrons. The zero-order valence-corrected chi connectivity index (χ0v) is 11.1. The van der Waals surface area contributed by atoms with E-state index in [1.54, 1.807) is 7.11 Å². The number of methoxy groups -OCH3 is 1. The molecule has 1 fully saturated rings. The number of halogens is 1. The predicted molar refractivity (Wildman–Crippen MR) is 72.1 cm³/mol. The smallest absolute Gasteiger partial charge is 0.143 e. The summed E-state index contributed by atoms with van der Waals surface area (Å²) in [6.45, 7) is 4.39. The second kappa shape index (κ2) is 5.61. The first-order valence-electron chi connectivity index (χ1n) is 6.01. The molecule has 4 heteroatoms. The minimum Gasteiger partial charge on any atom is -0.495 e. The average molecular weight is 255 g/mol. The van der Waals surface area contributed by atoms with Crippen LogP contribution in [0.1, 0.15) is 13.3 Å². The highest BCUT2D eigenvalue weighted by Crippen LogP contribution is 2.29. The summed E-state index contributed by atoms with van der Waals surface area (Å²) in [5.41, 5.74) is 1.02. The molecule has 1 aromatic rings. The van der Waals surface area contributed by atoms with Gasteiger partial charge in [0.25, 0.3) is 0 Å². The Kier molecular flexibility index (Phi) is 4.13. The number of benzene rings is 1. The Balaban J connectivity index is 2.11. The maximum Gasteiger partial charge on any atom is 0.143 e. The van der Waals surface area contributed by atoms with Crippen LogP contribution in [0.4, 0.5) is 5.69 Å². The van der Waals surface area contributed by atoms with Gasteiger partial charge in [-0.2, -0.15) is 0 Å². The fraction of sp³-hybridized carbons (Fsp3) is 0.538. The van der Waals surface area contributed by atoms with Crippen molar-refractivity contribution < 1.29 is 4.74 Å². The lowest BCUT2D eigenvalue weighted by Crippen LogP contribution is -2.42. The first-order chi connectivity index (χ1) is 8.20. The van der Waals surface area contributed by atoms with Crippen molar-refractivity contribution in [2.75, 3.05) is 25.5 Å². The second-order valence-electron chi connectivity index (χ2n) is 4.57. The number of nitrogens with one attached hydrogen (secondary N) is 2. The molecule has 1 aromatic carbocycles. The third-order valence-electron chi connectivity index (χ3n) is 3.29. The molecule has 0 unspecified atom stereocenters. The van der Waals surface area contributed by atoms with Gasteiger partial charge in [-0.1, -0.05) is 18.5 Å². The van der Waals surface area contributed by atoms with Crippen molar-refractivity contribution >= 4 is 17.3 Å². The van der Waals surface area contributed by atoms with Crippen molar-refractivity contribution in [3.05, 3.63) is 23.2 Å². The molecule has 3 nitrogen and oxygen atoms in total. The Labute approximate surface area is 107 Å². The monoisotopic (exact) mass is 254 g/mol. The van der Waals surface area contributed by atoms with Crippen molar-refractivity contribution in [1.82, 2.24) is 5.32 Å². The summed E-state index contributed by atoms with van der Waals surface area (Å²) >= 11 is 5.95. The highest BCUT2D eigenvalue weighted by Gasteiger charge is 2.21. The van der Waals surface area contributed by atoms with Gasteiger partial charge in [-0.3, -0.25) is 0 Å². The maximum atomic E-state index is 5.95. The lowest BCUT2D eigenvalue weighted by molar-refractivity contribution is 0.365.